The zero-order valence-corrected chi connectivity index (χ0v) is 4.98. The third-order valence-corrected chi connectivity index (χ3v) is 1.88. The van der Waals surface area contributed by atoms with E-state index in [-0.39, 0.29) is 0 Å². The maximum Gasteiger partial charge on any atom is -0.0388 e. The van der Waals surface area contributed by atoms with Crippen molar-refractivity contribution in [3.63, 3.8) is 0 Å². The van der Waals surface area contributed by atoms with Crippen molar-refractivity contribution in [2.45, 2.75) is 26.2 Å². The fourth-order valence-electron chi connectivity index (χ4n) is 0.901. The lowest BCUT2D eigenvalue weighted by molar-refractivity contribution is 0.515. The van der Waals surface area contributed by atoms with Gasteiger partial charge in [-0.2, -0.15) is 0 Å². The summed E-state index contributed by atoms with van der Waals surface area (Å²) >= 11 is 0. The first kappa shape index (κ1) is 5.14. The molecule has 7 heavy (non-hydrogen) atoms. The summed E-state index contributed by atoms with van der Waals surface area (Å²) in [7, 11) is 0. The maximum absolute atomic E-state index is 3.85. The summed E-state index contributed by atoms with van der Waals surface area (Å²) in [6.45, 7) is 6.14. The van der Waals surface area contributed by atoms with Gasteiger partial charge in [-0.1, -0.05) is 20.3 Å². The maximum atomic E-state index is 3.85. The predicted molar refractivity (Wildman–Crippen MR) is 31.9 cm³/mol. The van der Waals surface area contributed by atoms with Crippen LogP contribution in [0.4, 0.5) is 0 Å². The van der Waals surface area contributed by atoms with E-state index in [1.54, 1.807) is 0 Å². The average molecular weight is 97.2 g/mol. The van der Waals surface area contributed by atoms with Crippen molar-refractivity contribution in [2.24, 2.45) is 11.8 Å². The lowest BCUT2D eigenvalue weighted by atomic mass is 10.0. The molecule has 1 aliphatic rings. The molecule has 1 atom stereocenters. The molecule has 0 N–H and O–H groups in total. The molecule has 0 spiro atoms. The number of hydrogen-bond acceptors (Lipinski definition) is 0. The highest BCUT2D eigenvalue weighted by Crippen LogP contribution is 2.37. The van der Waals surface area contributed by atoms with Crippen LogP contribution in [0.25, 0.3) is 0 Å². The Labute approximate surface area is 45.9 Å². The van der Waals surface area contributed by atoms with Gasteiger partial charge >= 0.3 is 0 Å². The minimum absolute atomic E-state index is 0.903. The van der Waals surface area contributed by atoms with Crippen LogP contribution in [0.5, 0.6) is 0 Å². The average Bonchev–Trinajstić information content (AvgIpc) is 2.44. The van der Waals surface area contributed by atoms with Gasteiger partial charge < -0.3 is 0 Å². The summed E-state index contributed by atoms with van der Waals surface area (Å²) in [5.41, 5.74) is 0. The van der Waals surface area contributed by atoms with Gasteiger partial charge in [0.1, 0.15) is 0 Å². The van der Waals surface area contributed by atoms with E-state index in [0.717, 1.165) is 18.3 Å². The smallest absolute Gasteiger partial charge is 0.0388 e. The highest BCUT2D eigenvalue weighted by molar-refractivity contribution is 4.78. The van der Waals surface area contributed by atoms with Crippen molar-refractivity contribution >= 4 is 0 Å². The second-order valence-corrected chi connectivity index (χ2v) is 2.60. The van der Waals surface area contributed by atoms with E-state index in [1.165, 1.54) is 12.8 Å². The van der Waals surface area contributed by atoms with Crippen LogP contribution in [0.15, 0.2) is 0 Å². The van der Waals surface area contributed by atoms with E-state index in [0.29, 0.717) is 0 Å². The molecule has 0 aliphatic heterocycles. The molecule has 41 valence electrons. The number of rotatable bonds is 2. The topological polar surface area (TPSA) is 0 Å². The van der Waals surface area contributed by atoms with Gasteiger partial charge in [-0.15, -0.1) is 0 Å². The van der Waals surface area contributed by atoms with Gasteiger partial charge in [-0.3, -0.25) is 0 Å². The van der Waals surface area contributed by atoms with E-state index in [1.807, 2.05) is 0 Å². The van der Waals surface area contributed by atoms with E-state index in [9.17, 15) is 0 Å². The number of hydrogen-bond donors (Lipinski definition) is 0. The van der Waals surface area contributed by atoms with Crippen LogP contribution < -0.4 is 0 Å². The van der Waals surface area contributed by atoms with Gasteiger partial charge in [0, 0.05) is 0 Å². The Hall–Kier alpha value is 0. The Morgan fingerprint density at radius 2 is 2.29 bits per heavy atom. The van der Waals surface area contributed by atoms with Gasteiger partial charge in [0.05, 0.1) is 0 Å². The van der Waals surface area contributed by atoms with Crippen molar-refractivity contribution in [1.29, 1.82) is 0 Å². The van der Waals surface area contributed by atoms with Crippen molar-refractivity contribution in [2.75, 3.05) is 0 Å². The summed E-state index contributed by atoms with van der Waals surface area (Å²) < 4.78 is 0. The highest BCUT2D eigenvalue weighted by atomic mass is 14.3. The van der Waals surface area contributed by atoms with Crippen molar-refractivity contribution < 1.29 is 0 Å². The molecule has 1 unspecified atom stereocenters. The molecular weight excluding hydrogens is 84.1 g/mol. The molecule has 0 saturated heterocycles. The highest BCUT2D eigenvalue weighted by Gasteiger charge is 2.25. The Balaban J connectivity index is 2.10. The molecule has 1 rings (SSSR count). The first-order valence-electron chi connectivity index (χ1n) is 3.14. The molecule has 0 aromatic carbocycles. The first-order chi connectivity index (χ1) is 3.34. The minimum atomic E-state index is 0.903. The van der Waals surface area contributed by atoms with Gasteiger partial charge in [-0.05, 0) is 24.7 Å². The van der Waals surface area contributed by atoms with Crippen LogP contribution in [-0.2, 0) is 0 Å². The van der Waals surface area contributed by atoms with E-state index in [2.05, 4.69) is 13.8 Å². The Morgan fingerprint density at radius 3 is 2.43 bits per heavy atom. The largest absolute Gasteiger partial charge is 0.0622 e. The monoisotopic (exact) mass is 97.1 g/mol. The second-order valence-electron chi connectivity index (χ2n) is 2.60. The quantitative estimate of drug-likeness (QED) is 0.495. The van der Waals surface area contributed by atoms with Crippen LogP contribution in [0, 0.1) is 18.8 Å². The van der Waals surface area contributed by atoms with Crippen molar-refractivity contribution in [3.8, 4) is 0 Å². The molecule has 0 nitrogen and oxygen atoms in total. The summed E-state index contributed by atoms with van der Waals surface area (Å²) in [5.74, 6) is 1.96. The van der Waals surface area contributed by atoms with Crippen molar-refractivity contribution in [1.82, 2.24) is 0 Å². The van der Waals surface area contributed by atoms with E-state index >= 15 is 0 Å². The van der Waals surface area contributed by atoms with Gasteiger partial charge in [-0.25, -0.2) is 0 Å². The minimum Gasteiger partial charge on any atom is -0.0622 e. The van der Waals surface area contributed by atoms with E-state index in [4.69, 9.17) is 0 Å². The lowest BCUT2D eigenvalue weighted by Crippen LogP contribution is -1.92. The van der Waals surface area contributed by atoms with Crippen LogP contribution >= 0.6 is 0 Å². The molecule has 1 aliphatic carbocycles. The van der Waals surface area contributed by atoms with Gasteiger partial charge in [0.2, 0.25) is 0 Å². The molecule has 0 aromatic heterocycles. The molecule has 1 fully saturated rings. The summed E-state index contributed by atoms with van der Waals surface area (Å²) in [6, 6.07) is 0. The zero-order chi connectivity index (χ0) is 5.28. The van der Waals surface area contributed by atoms with Crippen LogP contribution in [-0.4, -0.2) is 0 Å². The summed E-state index contributed by atoms with van der Waals surface area (Å²) in [5, 5.41) is 0. The van der Waals surface area contributed by atoms with Crippen LogP contribution in [0.1, 0.15) is 26.2 Å². The molecule has 1 saturated carbocycles. The molecule has 0 aromatic rings. The molecule has 0 bridgehead atoms. The first-order valence-corrected chi connectivity index (χ1v) is 3.14. The van der Waals surface area contributed by atoms with Gasteiger partial charge in [0.15, 0.2) is 0 Å². The van der Waals surface area contributed by atoms with E-state index < -0.39 is 0 Å². The third-order valence-electron chi connectivity index (χ3n) is 1.88. The predicted octanol–water partition coefficient (Wildman–Crippen LogP) is 2.26. The fraction of sp³-hybridized carbons (Fsp3) is 0.857. The van der Waals surface area contributed by atoms with Crippen molar-refractivity contribution in [3.05, 3.63) is 6.92 Å². The Morgan fingerprint density at radius 1 is 1.71 bits per heavy atom. The molecule has 0 amide bonds. The normalized spacial score (nSPS) is 24.9. The molecule has 0 heteroatoms. The second kappa shape index (κ2) is 1.85. The van der Waals surface area contributed by atoms with Crippen LogP contribution in [0.3, 0.4) is 0 Å². The lowest BCUT2D eigenvalue weighted by Gasteiger charge is -2.01. The molecular formula is C7H13. The Bertz CT molecular complexity index is 53.1. The third kappa shape index (κ3) is 1.19. The van der Waals surface area contributed by atoms with Gasteiger partial charge in [0.25, 0.3) is 0 Å². The SMILES string of the molecule is [CH2]CC(C)C1CC1. The zero-order valence-electron chi connectivity index (χ0n) is 4.98. The van der Waals surface area contributed by atoms with Crippen LogP contribution in [0.2, 0.25) is 0 Å². The molecule has 1 radical (unpaired) electrons. The molecule has 0 heterocycles. The standard InChI is InChI=1S/C7H13/c1-3-6(2)7-4-5-7/h6-7H,1,3-5H2,2H3. The summed E-state index contributed by atoms with van der Waals surface area (Å²) in [4.78, 5) is 0. The fourth-order valence-corrected chi connectivity index (χ4v) is 0.901. The summed E-state index contributed by atoms with van der Waals surface area (Å²) in [6.07, 6.45) is 4.07. The Kier molecular flexibility index (Phi) is 1.36.